The number of carbonyl (C=O) groups excluding carboxylic acids is 2. The molecule has 0 spiro atoms. The molecule has 4 aromatic rings. The molecule has 31 heavy (non-hydrogen) atoms. The fraction of sp³-hybridized carbons (Fsp3) is 0.0400. The van der Waals surface area contributed by atoms with Crippen molar-refractivity contribution in [1.29, 1.82) is 0 Å². The van der Waals surface area contributed by atoms with Gasteiger partial charge in [-0.2, -0.15) is 0 Å². The fourth-order valence-electron chi connectivity index (χ4n) is 3.24. The first-order valence-corrected chi connectivity index (χ1v) is 9.97. The van der Waals surface area contributed by atoms with E-state index in [1.54, 1.807) is 36.4 Å². The second-order valence-corrected chi connectivity index (χ2v) is 7.28. The number of carbonyl (C=O) groups is 2. The number of fused-ring (bicyclic) bond motifs is 1. The van der Waals surface area contributed by atoms with E-state index in [0.29, 0.717) is 33.3 Å². The molecule has 0 unspecified atom stereocenters. The minimum Gasteiger partial charge on any atom is -0.496 e. The molecule has 2 amide bonds. The van der Waals surface area contributed by atoms with E-state index in [-0.39, 0.29) is 11.8 Å². The van der Waals surface area contributed by atoms with Crippen molar-refractivity contribution in [3.63, 3.8) is 0 Å². The number of para-hydroxylation sites is 1. The minimum absolute atomic E-state index is 0.304. The van der Waals surface area contributed by atoms with E-state index in [2.05, 4.69) is 10.6 Å². The number of hydrogen-bond acceptors (Lipinski definition) is 3. The summed E-state index contributed by atoms with van der Waals surface area (Å²) in [6.45, 7) is 0. The van der Waals surface area contributed by atoms with Crippen LogP contribution in [0.2, 0.25) is 5.02 Å². The molecule has 154 valence electrons. The molecule has 2 N–H and O–H groups in total. The maximum absolute atomic E-state index is 13.0. The van der Waals surface area contributed by atoms with Crippen molar-refractivity contribution in [3.05, 3.63) is 101 Å². The number of ether oxygens (including phenoxy) is 1. The molecule has 0 aliphatic rings. The average Bonchev–Trinajstić information content (AvgIpc) is 2.80. The van der Waals surface area contributed by atoms with Crippen LogP contribution in [-0.4, -0.2) is 18.9 Å². The Labute approximate surface area is 184 Å². The van der Waals surface area contributed by atoms with Crippen LogP contribution in [0.5, 0.6) is 5.75 Å². The van der Waals surface area contributed by atoms with Crippen LogP contribution in [0.15, 0.2) is 84.9 Å². The highest BCUT2D eigenvalue weighted by molar-refractivity contribution is 6.34. The summed E-state index contributed by atoms with van der Waals surface area (Å²) in [5.74, 6) is -0.239. The van der Waals surface area contributed by atoms with Gasteiger partial charge >= 0.3 is 0 Å². The van der Waals surface area contributed by atoms with E-state index in [0.717, 1.165) is 10.8 Å². The molecule has 0 atom stereocenters. The van der Waals surface area contributed by atoms with Crippen LogP contribution in [-0.2, 0) is 0 Å². The molecular weight excluding hydrogens is 412 g/mol. The van der Waals surface area contributed by atoms with Gasteiger partial charge in [-0.25, -0.2) is 0 Å². The van der Waals surface area contributed by atoms with Gasteiger partial charge in [-0.3, -0.25) is 9.59 Å². The zero-order valence-corrected chi connectivity index (χ0v) is 17.4. The van der Waals surface area contributed by atoms with Crippen LogP contribution in [0.1, 0.15) is 20.7 Å². The lowest BCUT2D eigenvalue weighted by molar-refractivity contribution is 0.101. The fourth-order valence-corrected chi connectivity index (χ4v) is 3.41. The van der Waals surface area contributed by atoms with Crippen LogP contribution in [0.3, 0.4) is 0 Å². The summed E-state index contributed by atoms with van der Waals surface area (Å²) < 4.78 is 5.41. The first kappa shape index (κ1) is 20.4. The normalized spacial score (nSPS) is 10.5. The lowest BCUT2D eigenvalue weighted by Crippen LogP contribution is -2.15. The van der Waals surface area contributed by atoms with Crippen LogP contribution in [0.4, 0.5) is 11.4 Å². The topological polar surface area (TPSA) is 67.4 Å². The van der Waals surface area contributed by atoms with Gasteiger partial charge in [-0.05, 0) is 53.2 Å². The molecule has 0 aromatic heterocycles. The molecule has 0 radical (unpaired) electrons. The van der Waals surface area contributed by atoms with E-state index < -0.39 is 0 Å². The van der Waals surface area contributed by atoms with Crippen molar-refractivity contribution in [2.75, 3.05) is 17.7 Å². The second kappa shape index (κ2) is 8.90. The lowest BCUT2D eigenvalue weighted by Gasteiger charge is -2.13. The van der Waals surface area contributed by atoms with E-state index in [9.17, 15) is 9.59 Å². The summed E-state index contributed by atoms with van der Waals surface area (Å²) in [6.07, 6.45) is 0. The quantitative estimate of drug-likeness (QED) is 0.407. The van der Waals surface area contributed by atoms with E-state index in [1.165, 1.54) is 7.11 Å². The number of nitrogens with one attached hydrogen (secondary N) is 2. The Balaban J connectivity index is 1.60. The van der Waals surface area contributed by atoms with Crippen molar-refractivity contribution in [2.45, 2.75) is 0 Å². The Bertz CT molecular complexity index is 1270. The highest BCUT2D eigenvalue weighted by Gasteiger charge is 2.17. The van der Waals surface area contributed by atoms with Crippen molar-refractivity contribution in [1.82, 2.24) is 0 Å². The average molecular weight is 431 g/mol. The molecule has 4 aromatic carbocycles. The lowest BCUT2D eigenvalue weighted by atomic mass is 10.0. The smallest absolute Gasteiger partial charge is 0.259 e. The number of halogens is 1. The van der Waals surface area contributed by atoms with Gasteiger partial charge in [0.25, 0.3) is 11.8 Å². The molecule has 0 aliphatic heterocycles. The third kappa shape index (κ3) is 4.52. The van der Waals surface area contributed by atoms with E-state index in [4.69, 9.17) is 16.3 Å². The molecule has 5 nitrogen and oxygen atoms in total. The minimum atomic E-state index is -0.384. The van der Waals surface area contributed by atoms with Gasteiger partial charge in [0.1, 0.15) is 5.75 Å². The summed E-state index contributed by atoms with van der Waals surface area (Å²) in [5, 5.41) is 7.81. The molecule has 0 saturated heterocycles. The number of anilines is 2. The monoisotopic (exact) mass is 430 g/mol. The van der Waals surface area contributed by atoms with Crippen LogP contribution >= 0.6 is 11.6 Å². The van der Waals surface area contributed by atoms with Gasteiger partial charge in [0.05, 0.1) is 23.4 Å². The van der Waals surface area contributed by atoms with Crippen LogP contribution < -0.4 is 15.4 Å². The molecule has 4 rings (SSSR count). The Kier molecular flexibility index (Phi) is 5.87. The van der Waals surface area contributed by atoms with Gasteiger partial charge in [-0.15, -0.1) is 0 Å². The van der Waals surface area contributed by atoms with Crippen LogP contribution in [0.25, 0.3) is 10.8 Å². The standard InChI is InChI=1S/C25H19ClN2O3/c1-31-23-15-17-8-6-5-7-16(17)13-20(23)25(30)28-22-14-18(11-12-21(22)26)24(29)27-19-9-3-2-4-10-19/h2-15H,1H3,(H,27,29)(H,28,30). The van der Waals surface area contributed by atoms with Gasteiger partial charge in [0.2, 0.25) is 0 Å². The van der Waals surface area contributed by atoms with Gasteiger partial charge in [0.15, 0.2) is 0 Å². The summed E-state index contributed by atoms with van der Waals surface area (Å²) in [7, 11) is 1.52. The number of amides is 2. The molecule has 0 heterocycles. The summed E-state index contributed by atoms with van der Waals surface area (Å²) in [6, 6.07) is 25.1. The Morgan fingerprint density at radius 2 is 1.45 bits per heavy atom. The Hall–Kier alpha value is -3.83. The summed E-state index contributed by atoms with van der Waals surface area (Å²) in [5.41, 5.74) is 1.75. The van der Waals surface area contributed by atoms with E-state index >= 15 is 0 Å². The zero-order chi connectivity index (χ0) is 21.8. The van der Waals surface area contributed by atoms with Gasteiger partial charge < -0.3 is 15.4 Å². The zero-order valence-electron chi connectivity index (χ0n) is 16.7. The number of hydrogen-bond donors (Lipinski definition) is 2. The maximum atomic E-state index is 13.0. The molecule has 6 heteroatoms. The molecule has 0 fully saturated rings. The first-order valence-electron chi connectivity index (χ1n) is 9.59. The highest BCUT2D eigenvalue weighted by atomic mass is 35.5. The Morgan fingerprint density at radius 3 is 2.16 bits per heavy atom. The third-order valence-electron chi connectivity index (χ3n) is 4.82. The molecule has 0 saturated carbocycles. The maximum Gasteiger partial charge on any atom is 0.259 e. The number of rotatable bonds is 5. The largest absolute Gasteiger partial charge is 0.496 e. The van der Waals surface area contributed by atoms with Gasteiger partial charge in [0, 0.05) is 11.3 Å². The van der Waals surface area contributed by atoms with E-state index in [1.807, 2.05) is 48.5 Å². The van der Waals surface area contributed by atoms with Crippen molar-refractivity contribution < 1.29 is 14.3 Å². The van der Waals surface area contributed by atoms with Crippen molar-refractivity contribution >= 4 is 45.6 Å². The predicted molar refractivity (Wildman–Crippen MR) is 124 cm³/mol. The van der Waals surface area contributed by atoms with Gasteiger partial charge in [-0.1, -0.05) is 54.1 Å². The third-order valence-corrected chi connectivity index (χ3v) is 5.15. The highest BCUT2D eigenvalue weighted by Crippen LogP contribution is 2.29. The number of benzene rings is 4. The first-order chi connectivity index (χ1) is 15.0. The second-order valence-electron chi connectivity index (χ2n) is 6.87. The predicted octanol–water partition coefficient (Wildman–Crippen LogP) is 6.01. The molecule has 0 bridgehead atoms. The number of methoxy groups -OCH3 is 1. The Morgan fingerprint density at radius 1 is 0.774 bits per heavy atom. The van der Waals surface area contributed by atoms with Crippen LogP contribution in [0, 0.1) is 0 Å². The van der Waals surface area contributed by atoms with Crippen molar-refractivity contribution in [3.8, 4) is 5.75 Å². The molecular formula is C25H19ClN2O3. The summed E-state index contributed by atoms with van der Waals surface area (Å²) >= 11 is 6.28. The summed E-state index contributed by atoms with van der Waals surface area (Å²) in [4.78, 5) is 25.6. The SMILES string of the molecule is COc1cc2ccccc2cc1C(=O)Nc1cc(C(=O)Nc2ccccc2)ccc1Cl. The molecule has 0 aliphatic carbocycles. The van der Waals surface area contributed by atoms with Crippen molar-refractivity contribution in [2.24, 2.45) is 0 Å².